The molecule has 1 aromatic carbocycles. The number of ether oxygens (including phenoxy) is 1. The lowest BCUT2D eigenvalue weighted by atomic mass is 10.1. The largest absolute Gasteiger partial charge is 0.496 e. The normalized spacial score (nSPS) is 11.0. The van der Waals surface area contributed by atoms with Crippen molar-refractivity contribution in [2.75, 3.05) is 7.11 Å². The van der Waals surface area contributed by atoms with E-state index >= 15 is 0 Å². The van der Waals surface area contributed by atoms with Crippen molar-refractivity contribution in [3.8, 4) is 26.8 Å². The van der Waals surface area contributed by atoms with Gasteiger partial charge in [-0.25, -0.2) is 9.97 Å². The molecule has 4 rings (SSSR count). The predicted octanol–water partition coefficient (Wildman–Crippen LogP) is 6.41. The number of hydrogen-bond donors (Lipinski definition) is 0. The zero-order chi connectivity index (χ0) is 20.5. The van der Waals surface area contributed by atoms with E-state index in [1.807, 2.05) is 38.1 Å². The van der Waals surface area contributed by atoms with E-state index in [1.165, 1.54) is 11.3 Å². The van der Waals surface area contributed by atoms with Crippen LogP contribution in [-0.4, -0.2) is 22.9 Å². The number of thiophene rings is 1. The Kier molecular flexibility index (Phi) is 5.63. The highest BCUT2D eigenvalue weighted by Crippen LogP contribution is 2.35. The van der Waals surface area contributed by atoms with Gasteiger partial charge in [-0.1, -0.05) is 0 Å². The Balaban J connectivity index is 1.64. The molecule has 0 bridgehead atoms. The Labute approximate surface area is 181 Å². The second-order valence-corrected chi connectivity index (χ2v) is 9.93. The number of Topliss-reactive ketones (excluding diaryl/α,β-unsaturated/α-hetero) is 1. The van der Waals surface area contributed by atoms with Gasteiger partial charge in [0.1, 0.15) is 5.75 Å². The zero-order valence-electron chi connectivity index (χ0n) is 16.6. The van der Waals surface area contributed by atoms with Crippen molar-refractivity contribution in [3.05, 3.63) is 61.9 Å². The van der Waals surface area contributed by atoms with Crippen molar-refractivity contribution >= 4 is 39.8 Å². The maximum absolute atomic E-state index is 11.6. The monoisotopic (exact) mass is 440 g/mol. The summed E-state index contributed by atoms with van der Waals surface area (Å²) in [4.78, 5) is 24.0. The van der Waals surface area contributed by atoms with Gasteiger partial charge < -0.3 is 4.74 Å². The summed E-state index contributed by atoms with van der Waals surface area (Å²) in [6.45, 7) is 5.65. The molecule has 0 amide bonds. The van der Waals surface area contributed by atoms with E-state index in [1.54, 1.807) is 36.7 Å². The lowest BCUT2D eigenvalue weighted by Crippen LogP contribution is -1.94. The average molecular weight is 441 g/mol. The average Bonchev–Trinajstić information content (AvgIpc) is 3.41. The summed E-state index contributed by atoms with van der Waals surface area (Å²) < 4.78 is 5.58. The van der Waals surface area contributed by atoms with Gasteiger partial charge in [-0.3, -0.25) is 4.79 Å². The number of methoxy groups -OCH3 is 1. The summed E-state index contributed by atoms with van der Waals surface area (Å²) in [5.41, 5.74) is 4.19. The number of carbonyl (C=O) groups is 1. The number of ketones is 1. The number of aryl methyl sites for hydroxylation is 2. The topological polar surface area (TPSA) is 52.1 Å². The minimum atomic E-state index is 0.0962. The summed E-state index contributed by atoms with van der Waals surface area (Å²) in [7, 11) is 1.69. The van der Waals surface area contributed by atoms with Gasteiger partial charge in [0.15, 0.2) is 5.78 Å². The smallest absolute Gasteiger partial charge is 0.169 e. The number of carbonyl (C=O) groups excluding carboxylic acids is 1. The molecule has 3 aromatic heterocycles. The third-order valence-corrected chi connectivity index (χ3v) is 7.73. The molecule has 148 valence electrons. The molecule has 0 unspecified atom stereocenters. The van der Waals surface area contributed by atoms with Gasteiger partial charge in [-0.05, 0) is 56.7 Å². The minimum Gasteiger partial charge on any atom is -0.496 e. The third-order valence-electron chi connectivity index (χ3n) is 4.55. The molecule has 0 aliphatic carbocycles. The fourth-order valence-corrected chi connectivity index (χ4v) is 5.84. The van der Waals surface area contributed by atoms with Gasteiger partial charge in [0.2, 0.25) is 0 Å². The third kappa shape index (κ3) is 4.17. The molecule has 0 fully saturated rings. The number of aromatic nitrogens is 2. The van der Waals surface area contributed by atoms with E-state index in [9.17, 15) is 4.79 Å². The Morgan fingerprint density at radius 1 is 1.10 bits per heavy atom. The van der Waals surface area contributed by atoms with Crippen LogP contribution in [0.15, 0.2) is 35.7 Å². The molecular weight excluding hydrogens is 420 g/mol. The van der Waals surface area contributed by atoms with Crippen molar-refractivity contribution in [1.29, 1.82) is 0 Å². The highest BCUT2D eigenvalue weighted by molar-refractivity contribution is 7.17. The minimum absolute atomic E-state index is 0.0962. The second kappa shape index (κ2) is 8.18. The van der Waals surface area contributed by atoms with Gasteiger partial charge in [0, 0.05) is 22.2 Å². The van der Waals surface area contributed by atoms with Gasteiger partial charge in [-0.2, -0.15) is 0 Å². The van der Waals surface area contributed by atoms with Crippen LogP contribution in [0.25, 0.3) is 21.0 Å². The molecule has 0 radical (unpaired) electrons. The zero-order valence-corrected chi connectivity index (χ0v) is 19.1. The van der Waals surface area contributed by atoms with Crippen LogP contribution in [0.4, 0.5) is 0 Å². The van der Waals surface area contributed by atoms with E-state index in [-0.39, 0.29) is 5.78 Å². The molecule has 4 aromatic rings. The molecule has 0 saturated heterocycles. The Morgan fingerprint density at radius 3 is 2.59 bits per heavy atom. The summed E-state index contributed by atoms with van der Waals surface area (Å²) in [6.07, 6.45) is 0.698. The van der Waals surface area contributed by atoms with Crippen LogP contribution in [0.3, 0.4) is 0 Å². The maximum atomic E-state index is 11.6. The van der Waals surface area contributed by atoms with Crippen LogP contribution >= 0.6 is 34.0 Å². The molecule has 29 heavy (non-hydrogen) atoms. The number of rotatable bonds is 6. The first kappa shape index (κ1) is 19.9. The van der Waals surface area contributed by atoms with Gasteiger partial charge >= 0.3 is 0 Å². The SMILES string of the molecule is COc1ccc(-c2ccc(C(C)=O)s2)cc1Cc1nc(-c2sc(C)nc2C)cs1. The van der Waals surface area contributed by atoms with Crippen LogP contribution in [0.5, 0.6) is 5.75 Å². The van der Waals surface area contributed by atoms with Gasteiger partial charge in [-0.15, -0.1) is 34.0 Å². The fraction of sp³-hybridized carbons (Fsp3) is 0.227. The Hall–Kier alpha value is -2.35. The van der Waals surface area contributed by atoms with Gasteiger partial charge in [0.25, 0.3) is 0 Å². The maximum Gasteiger partial charge on any atom is 0.169 e. The van der Waals surface area contributed by atoms with Crippen LogP contribution in [0.2, 0.25) is 0 Å². The van der Waals surface area contributed by atoms with E-state index in [2.05, 4.69) is 16.4 Å². The van der Waals surface area contributed by atoms with Crippen LogP contribution in [-0.2, 0) is 6.42 Å². The molecule has 7 heteroatoms. The van der Waals surface area contributed by atoms with Crippen molar-refractivity contribution in [2.24, 2.45) is 0 Å². The van der Waals surface area contributed by atoms with E-state index < -0.39 is 0 Å². The molecule has 0 atom stereocenters. The lowest BCUT2D eigenvalue weighted by molar-refractivity contribution is 0.102. The summed E-state index contributed by atoms with van der Waals surface area (Å²) in [5.74, 6) is 0.942. The first-order valence-corrected chi connectivity index (χ1v) is 11.6. The number of hydrogen-bond acceptors (Lipinski definition) is 7. The molecule has 4 nitrogen and oxygen atoms in total. The standard InChI is InChI=1S/C22H20N2O2S3/c1-12-22(28-14(3)23-12)17-11-27-21(24-17)10-16-9-15(5-6-18(16)26-4)20-8-7-19(29-20)13(2)25/h5-9,11H,10H2,1-4H3. The fourth-order valence-electron chi connectivity index (χ4n) is 3.18. The number of benzene rings is 1. The summed E-state index contributed by atoms with van der Waals surface area (Å²) >= 11 is 4.86. The predicted molar refractivity (Wildman–Crippen MR) is 122 cm³/mol. The molecule has 0 N–H and O–H groups in total. The lowest BCUT2D eigenvalue weighted by Gasteiger charge is -2.09. The Bertz CT molecular complexity index is 1190. The van der Waals surface area contributed by atoms with Crippen LogP contribution < -0.4 is 4.74 Å². The highest BCUT2D eigenvalue weighted by atomic mass is 32.1. The van der Waals surface area contributed by atoms with Gasteiger partial charge in [0.05, 0.1) is 38.3 Å². The Morgan fingerprint density at radius 2 is 1.93 bits per heavy atom. The van der Waals surface area contributed by atoms with Crippen molar-refractivity contribution in [3.63, 3.8) is 0 Å². The molecule has 3 heterocycles. The molecule has 0 aliphatic heterocycles. The second-order valence-electron chi connectivity index (χ2n) is 6.70. The summed E-state index contributed by atoms with van der Waals surface area (Å²) in [5, 5.41) is 4.20. The van der Waals surface area contributed by atoms with E-state index in [0.29, 0.717) is 6.42 Å². The molecule has 0 spiro atoms. The molecule has 0 aliphatic rings. The molecule has 0 saturated carbocycles. The van der Waals surface area contributed by atoms with E-state index in [0.717, 1.165) is 52.9 Å². The molecular formula is C22H20N2O2S3. The van der Waals surface area contributed by atoms with Crippen LogP contribution in [0.1, 0.15) is 37.9 Å². The van der Waals surface area contributed by atoms with Crippen molar-refractivity contribution in [1.82, 2.24) is 9.97 Å². The van der Waals surface area contributed by atoms with Crippen LogP contribution in [0, 0.1) is 13.8 Å². The van der Waals surface area contributed by atoms with E-state index in [4.69, 9.17) is 9.72 Å². The first-order chi connectivity index (χ1) is 13.9. The quantitative estimate of drug-likeness (QED) is 0.325. The highest BCUT2D eigenvalue weighted by Gasteiger charge is 2.14. The number of thiazole rings is 2. The number of nitrogens with zero attached hydrogens (tertiary/aromatic N) is 2. The van der Waals surface area contributed by atoms with Crippen molar-refractivity contribution < 1.29 is 9.53 Å². The summed E-state index contributed by atoms with van der Waals surface area (Å²) in [6, 6.07) is 10.1. The van der Waals surface area contributed by atoms with Crippen molar-refractivity contribution in [2.45, 2.75) is 27.2 Å². The first-order valence-electron chi connectivity index (χ1n) is 9.11.